The van der Waals surface area contributed by atoms with Gasteiger partial charge in [0, 0.05) is 0 Å². The molecule has 0 aliphatic rings. The zero-order chi connectivity index (χ0) is 21.7. The second-order valence-electron chi connectivity index (χ2n) is 6.59. The van der Waals surface area contributed by atoms with E-state index in [4.69, 9.17) is 0 Å². The van der Waals surface area contributed by atoms with Crippen molar-refractivity contribution in [3.63, 3.8) is 0 Å². The molecule has 30 heavy (non-hydrogen) atoms. The van der Waals surface area contributed by atoms with Gasteiger partial charge in [0.25, 0.3) is 0 Å². The lowest BCUT2D eigenvalue weighted by Crippen LogP contribution is -2.54. The Morgan fingerprint density at radius 2 is 1.33 bits per heavy atom. The van der Waals surface area contributed by atoms with Crippen LogP contribution in [0.15, 0.2) is 88.2 Å². The van der Waals surface area contributed by atoms with Gasteiger partial charge in [-0.3, -0.25) is 0 Å². The van der Waals surface area contributed by atoms with Crippen LogP contribution in [0.25, 0.3) is 11.1 Å². The monoisotopic (exact) mass is 400 g/mol. The Balaban J connectivity index is 2.04. The summed E-state index contributed by atoms with van der Waals surface area (Å²) in [5.41, 5.74) is 0.852. The normalized spacial score (nSPS) is 10.4. The third-order valence-electron chi connectivity index (χ3n) is 4.66. The van der Waals surface area contributed by atoms with E-state index < -0.39 is 17.1 Å². The molecule has 0 fully saturated rings. The van der Waals surface area contributed by atoms with E-state index in [0.29, 0.717) is 11.1 Å². The highest BCUT2D eigenvalue weighted by atomic mass is 16.2. The van der Waals surface area contributed by atoms with Gasteiger partial charge < -0.3 is 0 Å². The molecule has 0 amide bonds. The summed E-state index contributed by atoms with van der Waals surface area (Å²) < 4.78 is 2.96. The SMILES string of the molecule is C=CCn1c(=O)n(CC=C)c(=O)n(Cc2ccc(-c3ccccc3C#N)cc2)c1=O. The van der Waals surface area contributed by atoms with Crippen molar-refractivity contribution >= 4 is 0 Å². The van der Waals surface area contributed by atoms with Crippen LogP contribution in [0, 0.1) is 11.3 Å². The molecule has 0 radical (unpaired) electrons. The molecule has 0 aliphatic heterocycles. The van der Waals surface area contributed by atoms with Gasteiger partial charge in [0.15, 0.2) is 0 Å². The smallest absolute Gasteiger partial charge is 0.247 e. The topological polar surface area (TPSA) is 89.8 Å². The molecule has 1 heterocycles. The lowest BCUT2D eigenvalue weighted by atomic mass is 9.99. The zero-order valence-corrected chi connectivity index (χ0v) is 16.3. The van der Waals surface area contributed by atoms with Gasteiger partial charge in [0.2, 0.25) is 0 Å². The fourth-order valence-electron chi connectivity index (χ4n) is 3.19. The summed E-state index contributed by atoms with van der Waals surface area (Å²) in [6, 6.07) is 16.7. The molecule has 0 spiro atoms. The Kier molecular flexibility index (Phi) is 6.08. The molecule has 0 saturated heterocycles. The molecule has 0 N–H and O–H groups in total. The van der Waals surface area contributed by atoms with E-state index >= 15 is 0 Å². The lowest BCUT2D eigenvalue weighted by molar-refractivity contribution is 0.498. The first-order chi connectivity index (χ1) is 14.5. The highest BCUT2D eigenvalue weighted by Gasteiger charge is 2.14. The number of hydrogen-bond acceptors (Lipinski definition) is 4. The van der Waals surface area contributed by atoms with E-state index in [1.54, 1.807) is 24.3 Å². The molecule has 0 atom stereocenters. The molecule has 7 nitrogen and oxygen atoms in total. The number of hydrogen-bond donors (Lipinski definition) is 0. The van der Waals surface area contributed by atoms with Gasteiger partial charge in [-0.05, 0) is 22.8 Å². The predicted molar refractivity (Wildman–Crippen MR) is 115 cm³/mol. The zero-order valence-electron chi connectivity index (χ0n) is 16.3. The number of benzene rings is 2. The van der Waals surface area contributed by atoms with Crippen molar-refractivity contribution in [1.82, 2.24) is 13.7 Å². The van der Waals surface area contributed by atoms with Crippen molar-refractivity contribution in [1.29, 1.82) is 5.26 Å². The van der Waals surface area contributed by atoms with Gasteiger partial charge in [0.1, 0.15) is 0 Å². The van der Waals surface area contributed by atoms with E-state index in [1.165, 1.54) is 12.2 Å². The van der Waals surface area contributed by atoms with Crippen molar-refractivity contribution in [2.45, 2.75) is 19.6 Å². The van der Waals surface area contributed by atoms with E-state index in [0.717, 1.165) is 24.8 Å². The molecule has 2 aromatic carbocycles. The molecule has 0 unspecified atom stereocenters. The molecular formula is C23H20N4O3. The van der Waals surface area contributed by atoms with Gasteiger partial charge in [0.05, 0.1) is 31.3 Å². The molecular weight excluding hydrogens is 380 g/mol. The fraction of sp³-hybridized carbons (Fsp3) is 0.130. The van der Waals surface area contributed by atoms with Crippen molar-refractivity contribution < 1.29 is 0 Å². The maximum Gasteiger partial charge on any atom is 0.336 e. The largest absolute Gasteiger partial charge is 0.336 e. The number of rotatable bonds is 7. The molecule has 0 bridgehead atoms. The summed E-state index contributed by atoms with van der Waals surface area (Å²) in [6.45, 7) is 7.13. The number of allylic oxidation sites excluding steroid dienone is 2. The minimum Gasteiger partial charge on any atom is -0.247 e. The average molecular weight is 400 g/mol. The van der Waals surface area contributed by atoms with E-state index in [-0.39, 0.29) is 19.6 Å². The van der Waals surface area contributed by atoms with Crippen LogP contribution in [0.4, 0.5) is 0 Å². The Morgan fingerprint density at radius 3 is 1.87 bits per heavy atom. The van der Waals surface area contributed by atoms with Crippen LogP contribution in [-0.4, -0.2) is 13.7 Å². The maximum absolute atomic E-state index is 12.7. The summed E-state index contributed by atoms with van der Waals surface area (Å²) in [5, 5.41) is 9.29. The highest BCUT2D eigenvalue weighted by Crippen LogP contribution is 2.23. The molecule has 0 aliphatic carbocycles. The van der Waals surface area contributed by atoms with Crippen LogP contribution < -0.4 is 17.1 Å². The molecule has 150 valence electrons. The highest BCUT2D eigenvalue weighted by molar-refractivity contribution is 5.70. The Morgan fingerprint density at radius 1 is 0.800 bits per heavy atom. The number of nitriles is 1. The first-order valence-corrected chi connectivity index (χ1v) is 9.26. The molecule has 7 heteroatoms. The van der Waals surface area contributed by atoms with Crippen molar-refractivity contribution in [2.24, 2.45) is 0 Å². The van der Waals surface area contributed by atoms with Gasteiger partial charge in [-0.15, -0.1) is 13.2 Å². The molecule has 3 aromatic rings. The third kappa shape index (κ3) is 3.84. The maximum atomic E-state index is 12.7. The van der Waals surface area contributed by atoms with Crippen molar-refractivity contribution in [2.75, 3.05) is 0 Å². The third-order valence-corrected chi connectivity index (χ3v) is 4.66. The molecule has 3 rings (SSSR count). The van der Waals surface area contributed by atoms with Gasteiger partial charge in [-0.2, -0.15) is 5.26 Å². The summed E-state index contributed by atoms with van der Waals surface area (Å²) in [7, 11) is 0. The first-order valence-electron chi connectivity index (χ1n) is 9.26. The van der Waals surface area contributed by atoms with Gasteiger partial charge >= 0.3 is 17.1 Å². The first kappa shape index (κ1) is 20.6. The minimum absolute atomic E-state index is 0.00102. The van der Waals surface area contributed by atoms with Crippen LogP contribution in [0.1, 0.15) is 11.1 Å². The Bertz CT molecular complexity index is 1270. The Labute approximate surface area is 172 Å². The standard InChI is InChI=1S/C23H20N4O3/c1-3-13-25-21(28)26(14-4-2)23(30)27(22(25)29)16-17-9-11-18(12-10-17)20-8-6-5-7-19(20)15-24/h3-12H,1-2,13-14,16H2. The van der Waals surface area contributed by atoms with E-state index in [1.807, 2.05) is 24.3 Å². The van der Waals surface area contributed by atoms with Gasteiger partial charge in [-0.1, -0.05) is 54.6 Å². The second kappa shape index (κ2) is 8.88. The average Bonchev–Trinajstić information content (AvgIpc) is 2.77. The van der Waals surface area contributed by atoms with E-state index in [2.05, 4.69) is 19.2 Å². The molecule has 1 aromatic heterocycles. The van der Waals surface area contributed by atoms with E-state index in [9.17, 15) is 19.6 Å². The number of nitrogens with zero attached hydrogens (tertiary/aromatic N) is 4. The summed E-state index contributed by atoms with van der Waals surface area (Å²) in [6.07, 6.45) is 2.86. The second-order valence-corrected chi connectivity index (χ2v) is 6.59. The van der Waals surface area contributed by atoms with Crippen LogP contribution >= 0.6 is 0 Å². The fourth-order valence-corrected chi connectivity index (χ4v) is 3.19. The summed E-state index contributed by atoms with van der Waals surface area (Å²) in [5.74, 6) is 0. The van der Waals surface area contributed by atoms with Crippen LogP contribution in [0.5, 0.6) is 0 Å². The lowest BCUT2D eigenvalue weighted by Gasteiger charge is -2.12. The Hall–Kier alpha value is -4.18. The van der Waals surface area contributed by atoms with Crippen molar-refractivity contribution in [3.05, 3.63) is 116 Å². The summed E-state index contributed by atoms with van der Waals surface area (Å²) in [4.78, 5) is 37.9. The quantitative estimate of drug-likeness (QED) is 0.568. The van der Waals surface area contributed by atoms with Gasteiger partial charge in [-0.25, -0.2) is 28.1 Å². The predicted octanol–water partition coefficient (Wildman–Crippen LogP) is 2.13. The number of aromatic nitrogens is 3. The van der Waals surface area contributed by atoms with Crippen LogP contribution in [0.3, 0.4) is 0 Å². The van der Waals surface area contributed by atoms with Crippen molar-refractivity contribution in [3.8, 4) is 17.2 Å². The van der Waals surface area contributed by atoms with Crippen LogP contribution in [-0.2, 0) is 19.6 Å². The minimum atomic E-state index is -0.691. The van der Waals surface area contributed by atoms with Crippen LogP contribution in [0.2, 0.25) is 0 Å². The summed E-state index contributed by atoms with van der Waals surface area (Å²) >= 11 is 0. The molecule has 0 saturated carbocycles.